The lowest BCUT2D eigenvalue weighted by molar-refractivity contribution is -0.140. The van der Waals surface area contributed by atoms with E-state index in [1.165, 1.54) is 95.7 Å². The van der Waals surface area contributed by atoms with Crippen molar-refractivity contribution in [1.29, 1.82) is 0 Å². The summed E-state index contributed by atoms with van der Waals surface area (Å²) in [6.45, 7) is 8.14. The summed E-state index contributed by atoms with van der Waals surface area (Å²) in [6.07, 6.45) is 15.1. The Kier molecular flexibility index (Phi) is 15.6. The smallest absolute Gasteiger partial charge is 0.331 e. The number of ketones is 1. The summed E-state index contributed by atoms with van der Waals surface area (Å²) in [5.74, 6) is 0.939. The van der Waals surface area contributed by atoms with E-state index < -0.39 is 14.3 Å². The molecule has 0 unspecified atom stereocenters. The molecule has 0 N–H and O–H groups in total. The average Bonchev–Trinajstić information content (AvgIpc) is 3.03. The molecular weight excluding hydrogens is 571 g/mol. The molecule has 1 aliphatic rings. The Morgan fingerprint density at radius 1 is 0.814 bits per heavy atom. The van der Waals surface area contributed by atoms with Crippen molar-refractivity contribution in [1.82, 2.24) is 0 Å². The summed E-state index contributed by atoms with van der Waals surface area (Å²) in [5.41, 5.74) is 0.892. The lowest BCUT2D eigenvalue weighted by Crippen LogP contribution is -2.41. The number of Topliss-reactive ketones (excluding diaryl/α,β-unsaturated/α-hetero) is 1. The summed E-state index contributed by atoms with van der Waals surface area (Å²) in [5, 5.41) is 3.96. The van der Waals surface area contributed by atoms with Gasteiger partial charge < -0.3 is 9.26 Å². The van der Waals surface area contributed by atoms with Crippen LogP contribution in [-0.2, 0) is 9.63 Å². The summed E-state index contributed by atoms with van der Waals surface area (Å²) in [6, 6.07) is 20.0. The maximum Gasteiger partial charge on any atom is 0.331 e. The third-order valence-electron chi connectivity index (χ3n) is 8.53. The maximum absolute atomic E-state index is 13.3. The molecule has 3 rings (SSSR count). The number of rotatable bonds is 19. The first-order valence-electron chi connectivity index (χ1n) is 16.7. The molecule has 5 nitrogen and oxygen atoms in total. The Balaban J connectivity index is 1.65. The highest BCUT2D eigenvalue weighted by atomic mass is 32.2. The molecule has 2 aromatic rings. The molecule has 0 amide bonds. The minimum absolute atomic E-state index is 0.169. The van der Waals surface area contributed by atoms with Crippen LogP contribution < -0.4 is 4.43 Å². The quantitative estimate of drug-likeness (QED) is 0.0512. The molecule has 0 aromatic heterocycles. The van der Waals surface area contributed by atoms with Crippen LogP contribution in [0.1, 0.15) is 122 Å². The number of unbranched alkanes of at least 4 members (excludes halogenated alkanes) is 3. The molecule has 2 aromatic carbocycles. The van der Waals surface area contributed by atoms with Gasteiger partial charge in [-0.25, -0.2) is 4.79 Å². The van der Waals surface area contributed by atoms with E-state index in [1.54, 1.807) is 11.8 Å². The van der Waals surface area contributed by atoms with Gasteiger partial charge in [0.2, 0.25) is 5.78 Å². The molecule has 1 saturated carbocycles. The molecule has 0 radical (unpaired) electrons. The van der Waals surface area contributed by atoms with Crippen LogP contribution >= 0.6 is 11.8 Å². The van der Waals surface area contributed by atoms with Crippen molar-refractivity contribution in [2.75, 3.05) is 0 Å². The van der Waals surface area contributed by atoms with Gasteiger partial charge in [0.25, 0.3) is 8.32 Å². The van der Waals surface area contributed by atoms with Crippen LogP contribution in [0.5, 0.6) is 5.75 Å². The minimum atomic E-state index is -1.82. The Hall–Kier alpha value is -2.38. The highest BCUT2D eigenvalue weighted by Gasteiger charge is 2.35. The standard InChI is InChI=1S/C36H53NO4SSi/c1-5-8-26-43(27-9-6-2,28-10-7-3)41-32-19-23-34(24-20-32)42-33-21-17-31(18-22-33)36(39)35(37-40-29(4)38)25-16-30-14-12-11-13-15-30/h17-24,30H,5-16,25-28H2,1-4H3/b37-35+. The van der Waals surface area contributed by atoms with Crippen LogP contribution in [0.15, 0.2) is 63.5 Å². The highest BCUT2D eigenvalue weighted by Crippen LogP contribution is 2.34. The van der Waals surface area contributed by atoms with Gasteiger partial charge in [-0.3, -0.25) is 4.79 Å². The Labute approximate surface area is 265 Å². The van der Waals surface area contributed by atoms with Gasteiger partial charge in [-0.2, -0.15) is 0 Å². The van der Waals surface area contributed by atoms with E-state index in [2.05, 4.69) is 50.2 Å². The number of nitrogens with zero attached hydrogens (tertiary/aromatic N) is 1. The van der Waals surface area contributed by atoms with Crippen molar-refractivity contribution in [3.8, 4) is 5.75 Å². The van der Waals surface area contributed by atoms with Crippen LogP contribution in [0.3, 0.4) is 0 Å². The topological polar surface area (TPSA) is 65.0 Å². The molecule has 1 aliphatic carbocycles. The summed E-state index contributed by atoms with van der Waals surface area (Å²) in [7, 11) is -1.82. The minimum Gasteiger partial charge on any atom is -0.543 e. The van der Waals surface area contributed by atoms with Crippen molar-refractivity contribution >= 4 is 37.5 Å². The summed E-state index contributed by atoms with van der Waals surface area (Å²) >= 11 is 1.67. The van der Waals surface area contributed by atoms with Gasteiger partial charge in [-0.1, -0.05) is 108 Å². The van der Waals surface area contributed by atoms with Crippen LogP contribution in [0.4, 0.5) is 0 Å². The second-order valence-electron chi connectivity index (χ2n) is 12.2. The predicted molar refractivity (Wildman–Crippen MR) is 182 cm³/mol. The zero-order valence-corrected chi connectivity index (χ0v) is 28.8. The summed E-state index contributed by atoms with van der Waals surface area (Å²) < 4.78 is 6.92. The van der Waals surface area contributed by atoms with E-state index in [0.717, 1.165) is 22.0 Å². The first-order valence-corrected chi connectivity index (χ1v) is 20.1. The van der Waals surface area contributed by atoms with Crippen molar-refractivity contribution in [2.45, 2.75) is 139 Å². The molecule has 0 aliphatic heterocycles. The van der Waals surface area contributed by atoms with E-state index in [0.29, 0.717) is 23.6 Å². The Morgan fingerprint density at radius 2 is 1.35 bits per heavy atom. The van der Waals surface area contributed by atoms with Gasteiger partial charge >= 0.3 is 5.97 Å². The summed E-state index contributed by atoms with van der Waals surface area (Å²) in [4.78, 5) is 31.8. The van der Waals surface area contributed by atoms with Gasteiger partial charge in [0, 0.05) is 22.3 Å². The fourth-order valence-electron chi connectivity index (χ4n) is 5.96. The molecule has 0 heterocycles. The van der Waals surface area contributed by atoms with Crippen LogP contribution in [0, 0.1) is 5.92 Å². The van der Waals surface area contributed by atoms with Gasteiger partial charge in [0.05, 0.1) is 0 Å². The van der Waals surface area contributed by atoms with E-state index >= 15 is 0 Å². The molecule has 0 bridgehead atoms. The third-order valence-corrected chi connectivity index (χ3v) is 14.0. The maximum atomic E-state index is 13.3. The highest BCUT2D eigenvalue weighted by molar-refractivity contribution is 7.99. The second-order valence-corrected chi connectivity index (χ2v) is 17.4. The number of carbonyl (C=O) groups excluding carboxylic acids is 2. The van der Waals surface area contributed by atoms with Gasteiger partial charge in [0.15, 0.2) is 0 Å². The fraction of sp³-hybridized carbons (Fsp3) is 0.583. The number of carbonyl (C=O) groups is 2. The van der Waals surface area contributed by atoms with Gasteiger partial charge in [-0.05, 0) is 85.4 Å². The number of benzene rings is 2. The molecule has 7 heteroatoms. The SMILES string of the molecule is CCCC[Si](CCCC)(CCCC)Oc1ccc(Sc2ccc(C(=O)/C(CCC3CCCCC3)=N/OC(C)=O)cc2)cc1. The fourth-order valence-corrected chi connectivity index (χ4v) is 11.5. The predicted octanol–water partition coefficient (Wildman–Crippen LogP) is 11.0. The zero-order chi connectivity index (χ0) is 30.9. The van der Waals surface area contributed by atoms with Crippen LogP contribution in [0.25, 0.3) is 0 Å². The normalized spacial score (nSPS) is 14.5. The molecule has 236 valence electrons. The first-order chi connectivity index (χ1) is 20.9. The van der Waals surface area contributed by atoms with E-state index in [-0.39, 0.29) is 5.78 Å². The number of hydrogen-bond donors (Lipinski definition) is 0. The average molecular weight is 624 g/mol. The van der Waals surface area contributed by atoms with E-state index in [1.807, 2.05) is 24.3 Å². The van der Waals surface area contributed by atoms with Crippen molar-refractivity contribution in [3.05, 3.63) is 54.1 Å². The molecule has 0 spiro atoms. The first kappa shape index (κ1) is 35.1. The Bertz CT molecular complexity index is 1120. The lowest BCUT2D eigenvalue weighted by Gasteiger charge is -2.32. The van der Waals surface area contributed by atoms with Crippen molar-refractivity contribution in [2.24, 2.45) is 11.1 Å². The molecular formula is C36H53NO4SSi. The van der Waals surface area contributed by atoms with E-state index in [4.69, 9.17) is 9.26 Å². The molecule has 1 fully saturated rings. The van der Waals surface area contributed by atoms with Crippen LogP contribution in [0.2, 0.25) is 18.1 Å². The Morgan fingerprint density at radius 3 is 1.86 bits per heavy atom. The second kappa shape index (κ2) is 19.1. The van der Waals surface area contributed by atoms with Gasteiger partial charge in [-0.15, -0.1) is 0 Å². The molecule has 0 saturated heterocycles. The molecule has 0 atom stereocenters. The molecule has 43 heavy (non-hydrogen) atoms. The number of oxime groups is 1. The third kappa shape index (κ3) is 12.3. The van der Waals surface area contributed by atoms with Gasteiger partial charge in [0.1, 0.15) is 11.5 Å². The number of hydrogen-bond acceptors (Lipinski definition) is 6. The zero-order valence-electron chi connectivity index (χ0n) is 27.0. The van der Waals surface area contributed by atoms with Crippen molar-refractivity contribution in [3.63, 3.8) is 0 Å². The van der Waals surface area contributed by atoms with E-state index in [9.17, 15) is 9.59 Å². The van der Waals surface area contributed by atoms with Crippen molar-refractivity contribution < 1.29 is 18.9 Å². The van der Waals surface area contributed by atoms with Crippen LogP contribution in [-0.4, -0.2) is 25.8 Å². The lowest BCUT2D eigenvalue weighted by atomic mass is 9.85. The monoisotopic (exact) mass is 623 g/mol. The largest absolute Gasteiger partial charge is 0.543 e.